The lowest BCUT2D eigenvalue weighted by molar-refractivity contribution is -0.300. The van der Waals surface area contributed by atoms with E-state index in [9.17, 15) is 14.7 Å². The molecule has 2 saturated heterocycles. The molecule has 1 aromatic carbocycles. The lowest BCUT2D eigenvalue weighted by Gasteiger charge is -2.48. The molecule has 1 aromatic rings. The molecule has 1 N–H and O–H groups in total. The minimum absolute atomic E-state index is 0.0639. The van der Waals surface area contributed by atoms with Crippen molar-refractivity contribution >= 4 is 12.1 Å². The van der Waals surface area contributed by atoms with Gasteiger partial charge >= 0.3 is 12.1 Å². The number of hydrogen-bond donors (Lipinski definition) is 1. The van der Waals surface area contributed by atoms with Crippen LogP contribution in [0.2, 0.25) is 0 Å². The Morgan fingerprint density at radius 1 is 1.02 bits per heavy atom. The number of amides is 1. The van der Waals surface area contributed by atoms with Gasteiger partial charge in [-0.05, 0) is 70.1 Å². The maximum absolute atomic E-state index is 13.5. The van der Waals surface area contributed by atoms with Gasteiger partial charge in [0.2, 0.25) is 0 Å². The molecule has 42 heavy (non-hydrogen) atoms. The van der Waals surface area contributed by atoms with E-state index in [4.69, 9.17) is 23.7 Å². The highest BCUT2D eigenvalue weighted by Gasteiger charge is 2.49. The highest BCUT2D eigenvalue weighted by atomic mass is 16.7. The van der Waals surface area contributed by atoms with Crippen molar-refractivity contribution in [3.05, 3.63) is 47.0 Å². The van der Waals surface area contributed by atoms with E-state index in [2.05, 4.69) is 6.92 Å². The molecule has 3 unspecified atom stereocenters. The zero-order valence-corrected chi connectivity index (χ0v) is 27.0. The van der Waals surface area contributed by atoms with Gasteiger partial charge in [-0.3, -0.25) is 4.90 Å². The molecule has 0 spiro atoms. The molecule has 236 valence electrons. The summed E-state index contributed by atoms with van der Waals surface area (Å²) in [5, 5.41) is 11.4. The highest BCUT2D eigenvalue weighted by molar-refractivity contribution is 5.79. The van der Waals surface area contributed by atoms with Crippen LogP contribution in [0.15, 0.2) is 41.5 Å². The molecule has 1 amide bonds. The molecule has 0 bridgehead atoms. The Labute approximate surface area is 251 Å². The number of rotatable bonds is 10. The van der Waals surface area contributed by atoms with Gasteiger partial charge in [0.15, 0.2) is 12.4 Å². The molecule has 0 aliphatic carbocycles. The van der Waals surface area contributed by atoms with Crippen molar-refractivity contribution < 1.29 is 38.4 Å². The molecule has 2 heterocycles. The largest absolute Gasteiger partial charge is 0.456 e. The summed E-state index contributed by atoms with van der Waals surface area (Å²) in [6, 6.07) is 8.90. The second-order valence-electron chi connectivity index (χ2n) is 12.7. The highest BCUT2D eigenvalue weighted by Crippen LogP contribution is 2.41. The van der Waals surface area contributed by atoms with Crippen molar-refractivity contribution in [3.8, 4) is 0 Å². The third-order valence-electron chi connectivity index (χ3n) is 8.69. The zero-order valence-electron chi connectivity index (χ0n) is 27.0. The van der Waals surface area contributed by atoms with Crippen molar-refractivity contribution in [3.63, 3.8) is 0 Å². The van der Waals surface area contributed by atoms with Crippen LogP contribution in [-0.2, 0) is 35.1 Å². The van der Waals surface area contributed by atoms with E-state index in [0.29, 0.717) is 12.0 Å². The molecule has 0 aromatic heterocycles. The third-order valence-corrected chi connectivity index (χ3v) is 8.69. The van der Waals surface area contributed by atoms with Gasteiger partial charge in [-0.2, -0.15) is 0 Å². The Balaban J connectivity index is 1.73. The van der Waals surface area contributed by atoms with Crippen LogP contribution >= 0.6 is 0 Å². The SMILES string of the molecule is CC[C@@H]1OC(C)O[C@@H]([C@@H](O)/C(C)=C(\C)[C@H](C)OC(=O)C2OC(C)N(C(=O)OCc3ccccc3)[C@H]2CC(C)C)C1(C)C. The molecule has 9 heteroatoms. The number of carbonyl (C=O) groups is 2. The summed E-state index contributed by atoms with van der Waals surface area (Å²) in [5.41, 5.74) is 1.85. The van der Waals surface area contributed by atoms with Gasteiger partial charge < -0.3 is 28.8 Å². The predicted molar refractivity (Wildman–Crippen MR) is 159 cm³/mol. The van der Waals surface area contributed by atoms with Crippen molar-refractivity contribution in [2.45, 2.75) is 138 Å². The third kappa shape index (κ3) is 7.73. The van der Waals surface area contributed by atoms with Crippen LogP contribution in [0.1, 0.15) is 87.6 Å². The minimum atomic E-state index is -0.962. The van der Waals surface area contributed by atoms with Crippen LogP contribution in [0.3, 0.4) is 0 Å². The van der Waals surface area contributed by atoms with Crippen LogP contribution in [0.5, 0.6) is 0 Å². The lowest BCUT2D eigenvalue weighted by atomic mass is 9.74. The summed E-state index contributed by atoms with van der Waals surface area (Å²) in [6.07, 6.45) is -3.35. The van der Waals surface area contributed by atoms with E-state index in [0.717, 1.165) is 17.6 Å². The Bertz CT molecular complexity index is 1090. The topological polar surface area (TPSA) is 104 Å². The van der Waals surface area contributed by atoms with Crippen LogP contribution in [0.4, 0.5) is 4.79 Å². The molecular formula is C33H51NO8. The van der Waals surface area contributed by atoms with Gasteiger partial charge in [0.25, 0.3) is 0 Å². The molecule has 3 rings (SSSR count). The van der Waals surface area contributed by atoms with Gasteiger partial charge in [-0.15, -0.1) is 0 Å². The van der Waals surface area contributed by atoms with E-state index in [1.165, 1.54) is 4.90 Å². The standard InChI is InChI=1S/C33H51NO8/c1-11-27-33(9,10)30(42-24(8)41-27)28(35)21(5)20(4)22(6)39-31(36)29-26(17-19(2)3)34(23(7)40-29)32(37)38-18-25-15-13-12-14-16-25/h12-16,19,22-24,26-30,35H,11,17-18H2,1-10H3/b21-20+/t22-,23?,24?,26-,27-,28-,29?,30-/m0/s1. The fourth-order valence-electron chi connectivity index (χ4n) is 6.01. The van der Waals surface area contributed by atoms with Gasteiger partial charge in [-0.1, -0.05) is 65.0 Å². The van der Waals surface area contributed by atoms with Crippen LogP contribution < -0.4 is 0 Å². The van der Waals surface area contributed by atoms with E-state index >= 15 is 0 Å². The maximum atomic E-state index is 13.5. The summed E-state index contributed by atoms with van der Waals surface area (Å²) in [4.78, 5) is 28.2. The average Bonchev–Trinajstić information content (AvgIpc) is 3.26. The second-order valence-corrected chi connectivity index (χ2v) is 12.7. The molecular weight excluding hydrogens is 538 g/mol. The molecule has 0 saturated carbocycles. The number of carbonyl (C=O) groups excluding carboxylic acids is 2. The van der Waals surface area contributed by atoms with Gasteiger partial charge in [0.1, 0.15) is 25.0 Å². The van der Waals surface area contributed by atoms with Crippen LogP contribution in [0, 0.1) is 11.3 Å². The van der Waals surface area contributed by atoms with Crippen LogP contribution in [-0.4, -0.2) is 71.1 Å². The van der Waals surface area contributed by atoms with Crippen LogP contribution in [0.25, 0.3) is 0 Å². The van der Waals surface area contributed by atoms with Crippen molar-refractivity contribution in [2.24, 2.45) is 11.3 Å². The molecule has 8 atom stereocenters. The second kappa shape index (κ2) is 14.3. The van der Waals surface area contributed by atoms with Gasteiger partial charge in [0.05, 0.1) is 18.2 Å². The summed E-state index contributed by atoms with van der Waals surface area (Å²) in [5.74, 6) is -0.362. The first-order valence-electron chi connectivity index (χ1n) is 15.2. The Hall–Kier alpha value is -2.46. The number of ether oxygens (including phenoxy) is 5. The number of esters is 1. The fraction of sp³-hybridized carbons (Fsp3) is 0.697. The van der Waals surface area contributed by atoms with E-state index in [1.54, 1.807) is 13.8 Å². The van der Waals surface area contributed by atoms with Crippen molar-refractivity contribution in [2.75, 3.05) is 0 Å². The summed E-state index contributed by atoms with van der Waals surface area (Å²) in [6.45, 7) is 19.4. The molecule has 2 aliphatic heterocycles. The van der Waals surface area contributed by atoms with Crippen molar-refractivity contribution in [1.29, 1.82) is 0 Å². The van der Waals surface area contributed by atoms with E-state index < -0.39 is 60.5 Å². The number of hydrogen-bond acceptors (Lipinski definition) is 8. The Kier molecular flexibility index (Phi) is 11.6. The first-order chi connectivity index (χ1) is 19.7. The Morgan fingerprint density at radius 3 is 2.26 bits per heavy atom. The number of benzene rings is 1. The predicted octanol–water partition coefficient (Wildman–Crippen LogP) is 5.98. The molecule has 2 aliphatic rings. The summed E-state index contributed by atoms with van der Waals surface area (Å²) >= 11 is 0. The zero-order chi connectivity index (χ0) is 31.4. The minimum Gasteiger partial charge on any atom is -0.456 e. The lowest BCUT2D eigenvalue weighted by Crippen LogP contribution is -2.56. The Morgan fingerprint density at radius 2 is 1.67 bits per heavy atom. The fourth-order valence-corrected chi connectivity index (χ4v) is 6.01. The maximum Gasteiger partial charge on any atom is 0.412 e. The van der Waals surface area contributed by atoms with Gasteiger partial charge in [0, 0.05) is 5.41 Å². The number of aliphatic hydroxyl groups is 1. The molecule has 2 fully saturated rings. The number of aliphatic hydroxyl groups excluding tert-OH is 1. The smallest absolute Gasteiger partial charge is 0.412 e. The van der Waals surface area contributed by atoms with Crippen molar-refractivity contribution in [1.82, 2.24) is 4.90 Å². The first-order valence-corrected chi connectivity index (χ1v) is 15.2. The van der Waals surface area contributed by atoms with Gasteiger partial charge in [-0.25, -0.2) is 9.59 Å². The monoisotopic (exact) mass is 589 g/mol. The first kappa shape index (κ1) is 34.0. The normalized spacial score (nSPS) is 29.6. The summed E-state index contributed by atoms with van der Waals surface area (Å²) in [7, 11) is 0. The van der Waals surface area contributed by atoms with E-state index in [1.807, 2.05) is 78.8 Å². The molecule has 0 radical (unpaired) electrons. The quantitative estimate of drug-likeness (QED) is 0.263. The average molecular weight is 590 g/mol. The molecule has 9 nitrogen and oxygen atoms in total. The van der Waals surface area contributed by atoms with E-state index in [-0.39, 0.29) is 18.6 Å². The number of nitrogens with zero attached hydrogens (tertiary/aromatic N) is 1. The summed E-state index contributed by atoms with van der Waals surface area (Å²) < 4.78 is 29.6.